The first kappa shape index (κ1) is 17.9. The average Bonchev–Trinajstić information content (AvgIpc) is 2.34. The first-order valence-electron chi connectivity index (χ1n) is 6.99. The third-order valence-electron chi connectivity index (χ3n) is 3.38. The minimum absolute atomic E-state index is 0.00292. The van der Waals surface area contributed by atoms with Crippen molar-refractivity contribution in [2.75, 3.05) is 33.7 Å². The zero-order valence-electron chi connectivity index (χ0n) is 12.8. The molecule has 0 saturated heterocycles. The van der Waals surface area contributed by atoms with E-state index in [0.29, 0.717) is 13.1 Å². The minimum Gasteiger partial charge on any atom is -0.481 e. The maximum atomic E-state index is 12.4. The Hall–Kier alpha value is -1.10. The third-order valence-corrected chi connectivity index (χ3v) is 3.38. The van der Waals surface area contributed by atoms with Gasteiger partial charge >= 0.3 is 5.97 Å². The summed E-state index contributed by atoms with van der Waals surface area (Å²) in [5.74, 6) is -1.30. The Morgan fingerprint density at radius 1 is 1.11 bits per heavy atom. The SMILES string of the molecule is CCC(CC)C(=O)N(CCN(C)C)CC(C)C(=O)O. The van der Waals surface area contributed by atoms with Crippen molar-refractivity contribution < 1.29 is 14.7 Å². The Kier molecular flexibility index (Phi) is 8.39. The Bertz CT molecular complexity index is 288. The molecule has 0 aromatic rings. The molecule has 5 nitrogen and oxygen atoms in total. The third kappa shape index (κ3) is 6.57. The number of carbonyl (C=O) groups excluding carboxylic acids is 1. The van der Waals surface area contributed by atoms with Gasteiger partial charge in [0, 0.05) is 25.6 Å². The zero-order chi connectivity index (χ0) is 15.0. The lowest BCUT2D eigenvalue weighted by atomic mass is 10.0. The van der Waals surface area contributed by atoms with Gasteiger partial charge in [0.2, 0.25) is 5.91 Å². The van der Waals surface area contributed by atoms with Crippen LogP contribution in [-0.2, 0) is 9.59 Å². The maximum Gasteiger partial charge on any atom is 0.308 e. The number of aliphatic carboxylic acids is 1. The molecule has 0 heterocycles. The normalized spacial score (nSPS) is 12.8. The summed E-state index contributed by atoms with van der Waals surface area (Å²) in [4.78, 5) is 27.1. The summed E-state index contributed by atoms with van der Waals surface area (Å²) in [5, 5.41) is 8.99. The molecule has 0 aliphatic carbocycles. The molecule has 0 aliphatic heterocycles. The van der Waals surface area contributed by atoms with Crippen LogP contribution in [0.5, 0.6) is 0 Å². The van der Waals surface area contributed by atoms with Crippen LogP contribution < -0.4 is 0 Å². The van der Waals surface area contributed by atoms with Crippen LogP contribution >= 0.6 is 0 Å². The highest BCUT2D eigenvalue weighted by Gasteiger charge is 2.24. The minimum atomic E-state index is -0.854. The lowest BCUT2D eigenvalue weighted by Gasteiger charge is -2.29. The van der Waals surface area contributed by atoms with Crippen molar-refractivity contribution >= 4 is 11.9 Å². The zero-order valence-corrected chi connectivity index (χ0v) is 12.8. The number of carboxylic acids is 1. The van der Waals surface area contributed by atoms with Crippen molar-refractivity contribution in [3.63, 3.8) is 0 Å². The lowest BCUT2D eigenvalue weighted by molar-refractivity contribution is -0.144. The molecule has 1 N–H and O–H groups in total. The molecule has 0 rings (SSSR count). The highest BCUT2D eigenvalue weighted by Crippen LogP contribution is 2.13. The van der Waals surface area contributed by atoms with Gasteiger partial charge in [-0.1, -0.05) is 20.8 Å². The highest BCUT2D eigenvalue weighted by atomic mass is 16.4. The largest absolute Gasteiger partial charge is 0.481 e. The number of carbonyl (C=O) groups is 2. The van der Waals surface area contributed by atoms with Gasteiger partial charge < -0.3 is 14.9 Å². The Balaban J connectivity index is 4.73. The number of carboxylic acid groups (broad SMARTS) is 1. The molecule has 0 aliphatic rings. The van der Waals surface area contributed by atoms with E-state index in [1.54, 1.807) is 11.8 Å². The van der Waals surface area contributed by atoms with Crippen LogP contribution in [0.2, 0.25) is 0 Å². The van der Waals surface area contributed by atoms with Gasteiger partial charge in [0.15, 0.2) is 0 Å². The molecule has 5 heteroatoms. The van der Waals surface area contributed by atoms with Crippen LogP contribution in [0.15, 0.2) is 0 Å². The van der Waals surface area contributed by atoms with Crippen molar-refractivity contribution in [2.45, 2.75) is 33.6 Å². The van der Waals surface area contributed by atoms with Gasteiger partial charge in [-0.2, -0.15) is 0 Å². The van der Waals surface area contributed by atoms with Crippen molar-refractivity contribution in [1.29, 1.82) is 0 Å². The summed E-state index contributed by atoms with van der Waals surface area (Å²) in [6.07, 6.45) is 1.60. The van der Waals surface area contributed by atoms with Crippen LogP contribution in [0.4, 0.5) is 0 Å². The van der Waals surface area contributed by atoms with Gasteiger partial charge in [-0.3, -0.25) is 9.59 Å². The lowest BCUT2D eigenvalue weighted by Crippen LogP contribution is -2.43. The molecule has 112 valence electrons. The second kappa shape index (κ2) is 8.91. The highest BCUT2D eigenvalue weighted by molar-refractivity contribution is 5.79. The first-order valence-corrected chi connectivity index (χ1v) is 6.99. The molecule has 0 bridgehead atoms. The van der Waals surface area contributed by atoms with E-state index >= 15 is 0 Å². The van der Waals surface area contributed by atoms with E-state index in [4.69, 9.17) is 5.11 Å². The molecule has 0 radical (unpaired) electrons. The fourth-order valence-corrected chi connectivity index (χ4v) is 1.92. The fraction of sp³-hybridized carbons (Fsp3) is 0.857. The van der Waals surface area contributed by atoms with Crippen LogP contribution in [0, 0.1) is 11.8 Å². The van der Waals surface area contributed by atoms with Crippen molar-refractivity contribution in [2.24, 2.45) is 11.8 Å². The molecule has 0 fully saturated rings. The van der Waals surface area contributed by atoms with Gasteiger partial charge in [0.05, 0.1) is 5.92 Å². The molecule has 1 unspecified atom stereocenters. The predicted molar refractivity (Wildman–Crippen MR) is 76.0 cm³/mol. The van der Waals surface area contributed by atoms with E-state index in [0.717, 1.165) is 19.4 Å². The van der Waals surface area contributed by atoms with E-state index in [-0.39, 0.29) is 11.8 Å². The van der Waals surface area contributed by atoms with E-state index in [2.05, 4.69) is 0 Å². The van der Waals surface area contributed by atoms with Gasteiger partial charge in [0.25, 0.3) is 0 Å². The number of nitrogens with zero attached hydrogens (tertiary/aromatic N) is 2. The average molecular weight is 272 g/mol. The summed E-state index contributed by atoms with van der Waals surface area (Å²) < 4.78 is 0. The number of hydrogen-bond donors (Lipinski definition) is 1. The van der Waals surface area contributed by atoms with Gasteiger partial charge in [-0.15, -0.1) is 0 Å². The van der Waals surface area contributed by atoms with Crippen LogP contribution in [0.25, 0.3) is 0 Å². The summed E-state index contributed by atoms with van der Waals surface area (Å²) in [5.41, 5.74) is 0. The first-order chi connectivity index (χ1) is 8.83. The van der Waals surface area contributed by atoms with Crippen LogP contribution in [0.3, 0.4) is 0 Å². The van der Waals surface area contributed by atoms with E-state index in [1.807, 2.05) is 32.8 Å². The summed E-state index contributed by atoms with van der Waals surface area (Å²) in [6, 6.07) is 0. The van der Waals surface area contributed by atoms with Crippen LogP contribution in [-0.4, -0.2) is 60.5 Å². The second-order valence-electron chi connectivity index (χ2n) is 5.34. The number of likely N-dealkylation sites (N-methyl/N-ethyl adjacent to an activating group) is 1. The number of hydrogen-bond acceptors (Lipinski definition) is 3. The van der Waals surface area contributed by atoms with Crippen molar-refractivity contribution in [3.05, 3.63) is 0 Å². The topological polar surface area (TPSA) is 60.9 Å². The summed E-state index contributed by atoms with van der Waals surface area (Å²) >= 11 is 0. The maximum absolute atomic E-state index is 12.4. The summed E-state index contributed by atoms with van der Waals surface area (Å²) in [7, 11) is 3.89. The monoisotopic (exact) mass is 272 g/mol. The molecular weight excluding hydrogens is 244 g/mol. The number of amides is 1. The smallest absolute Gasteiger partial charge is 0.308 e. The van der Waals surface area contributed by atoms with E-state index < -0.39 is 11.9 Å². The van der Waals surface area contributed by atoms with Gasteiger partial charge in [-0.25, -0.2) is 0 Å². The van der Waals surface area contributed by atoms with E-state index in [1.165, 1.54) is 0 Å². The molecule has 0 spiro atoms. The Labute approximate surface area is 116 Å². The van der Waals surface area contributed by atoms with Gasteiger partial charge in [-0.05, 0) is 26.9 Å². The van der Waals surface area contributed by atoms with E-state index in [9.17, 15) is 9.59 Å². The Morgan fingerprint density at radius 2 is 1.63 bits per heavy atom. The van der Waals surface area contributed by atoms with Crippen LogP contribution in [0.1, 0.15) is 33.6 Å². The quantitative estimate of drug-likeness (QED) is 0.691. The molecule has 19 heavy (non-hydrogen) atoms. The molecule has 1 atom stereocenters. The summed E-state index contributed by atoms with van der Waals surface area (Å²) in [6.45, 7) is 7.26. The van der Waals surface area contributed by atoms with Crippen molar-refractivity contribution in [1.82, 2.24) is 9.80 Å². The molecule has 1 amide bonds. The van der Waals surface area contributed by atoms with Gasteiger partial charge in [0.1, 0.15) is 0 Å². The molecule has 0 saturated carbocycles. The molecule has 0 aromatic heterocycles. The molecule has 0 aromatic carbocycles. The van der Waals surface area contributed by atoms with Crippen molar-refractivity contribution in [3.8, 4) is 0 Å². The Morgan fingerprint density at radius 3 is 2.00 bits per heavy atom. The second-order valence-corrected chi connectivity index (χ2v) is 5.34. The standard InChI is InChI=1S/C14H28N2O3/c1-6-12(7-2)13(17)16(9-8-15(4)5)10-11(3)14(18)19/h11-12H,6-10H2,1-5H3,(H,18,19). The molecular formula is C14H28N2O3. The number of rotatable bonds is 9. The fourth-order valence-electron chi connectivity index (χ4n) is 1.92. The predicted octanol–water partition coefficient (Wildman–Crippen LogP) is 1.53.